The maximum Gasteiger partial charge on any atom is 0.154 e. The second-order valence-corrected chi connectivity index (χ2v) is 3.16. The molecule has 0 amide bonds. The molecule has 2 nitrogen and oxygen atoms in total. The van der Waals surface area contributed by atoms with Crippen molar-refractivity contribution < 1.29 is 5.11 Å². The summed E-state index contributed by atoms with van der Waals surface area (Å²) in [4.78, 5) is 0. The van der Waals surface area contributed by atoms with Gasteiger partial charge in [-0.05, 0) is 12.0 Å². The van der Waals surface area contributed by atoms with E-state index in [1.54, 1.807) is 0 Å². The van der Waals surface area contributed by atoms with Gasteiger partial charge in [0.15, 0.2) is 5.60 Å². The Morgan fingerprint density at radius 2 is 2.00 bits per heavy atom. The van der Waals surface area contributed by atoms with Crippen molar-refractivity contribution in [3.8, 4) is 6.07 Å². The van der Waals surface area contributed by atoms with Gasteiger partial charge in [0.05, 0.1) is 6.07 Å². The molecule has 1 aromatic carbocycles. The standard InChI is InChI=1S/C11H13NO/c1-2-11(13,9-12)8-10-6-4-3-5-7-10/h3-7,13H,2,8H2,1H3/t11-/m1/s1. The lowest BCUT2D eigenvalue weighted by Crippen LogP contribution is -2.28. The Kier molecular flexibility index (Phi) is 3.05. The molecule has 0 saturated carbocycles. The van der Waals surface area contributed by atoms with Gasteiger partial charge in [-0.15, -0.1) is 0 Å². The van der Waals surface area contributed by atoms with E-state index in [1.807, 2.05) is 43.3 Å². The van der Waals surface area contributed by atoms with Crippen LogP contribution in [0.5, 0.6) is 0 Å². The molecule has 1 rings (SSSR count). The third kappa shape index (κ3) is 2.57. The third-order valence-corrected chi connectivity index (χ3v) is 2.13. The van der Waals surface area contributed by atoms with Crippen LogP contribution in [0.1, 0.15) is 18.9 Å². The molecule has 0 radical (unpaired) electrons. The Morgan fingerprint density at radius 1 is 1.38 bits per heavy atom. The molecule has 0 aliphatic rings. The summed E-state index contributed by atoms with van der Waals surface area (Å²) in [5, 5.41) is 18.5. The molecule has 0 unspecified atom stereocenters. The molecule has 2 heteroatoms. The van der Waals surface area contributed by atoms with Crippen molar-refractivity contribution in [2.24, 2.45) is 0 Å². The Balaban J connectivity index is 2.75. The molecule has 0 aliphatic carbocycles. The van der Waals surface area contributed by atoms with E-state index in [9.17, 15) is 5.11 Å². The summed E-state index contributed by atoms with van der Waals surface area (Å²) in [5.41, 5.74) is -0.213. The monoisotopic (exact) mass is 175 g/mol. The summed E-state index contributed by atoms with van der Waals surface area (Å²) in [5.74, 6) is 0. The minimum absolute atomic E-state index is 0.404. The van der Waals surface area contributed by atoms with E-state index < -0.39 is 5.60 Å². The van der Waals surface area contributed by atoms with Crippen LogP contribution in [0.3, 0.4) is 0 Å². The van der Waals surface area contributed by atoms with Crippen LogP contribution in [0.4, 0.5) is 0 Å². The fourth-order valence-corrected chi connectivity index (χ4v) is 1.18. The molecule has 0 aliphatic heterocycles. The van der Waals surface area contributed by atoms with Gasteiger partial charge in [-0.1, -0.05) is 37.3 Å². The van der Waals surface area contributed by atoms with E-state index in [0.717, 1.165) is 5.56 Å². The van der Waals surface area contributed by atoms with Gasteiger partial charge < -0.3 is 5.11 Å². The molecule has 13 heavy (non-hydrogen) atoms. The Morgan fingerprint density at radius 3 is 2.46 bits per heavy atom. The van der Waals surface area contributed by atoms with Gasteiger partial charge in [0.1, 0.15) is 0 Å². The van der Waals surface area contributed by atoms with Crippen molar-refractivity contribution in [2.45, 2.75) is 25.4 Å². The number of aliphatic hydroxyl groups is 1. The summed E-state index contributed by atoms with van der Waals surface area (Å²) in [6.45, 7) is 1.81. The average molecular weight is 175 g/mol. The van der Waals surface area contributed by atoms with Gasteiger partial charge in [-0.3, -0.25) is 0 Å². The van der Waals surface area contributed by atoms with Crippen LogP contribution in [-0.2, 0) is 6.42 Å². The first-order chi connectivity index (χ1) is 6.20. The van der Waals surface area contributed by atoms with Crippen molar-refractivity contribution >= 4 is 0 Å². The molecule has 0 spiro atoms. The number of nitriles is 1. The molecule has 0 bridgehead atoms. The minimum atomic E-state index is -1.21. The number of hydrogen-bond donors (Lipinski definition) is 1. The largest absolute Gasteiger partial charge is 0.375 e. The number of rotatable bonds is 3. The van der Waals surface area contributed by atoms with Crippen LogP contribution in [0.25, 0.3) is 0 Å². The maximum atomic E-state index is 9.72. The second-order valence-electron chi connectivity index (χ2n) is 3.16. The van der Waals surface area contributed by atoms with Gasteiger partial charge in [0, 0.05) is 6.42 Å². The van der Waals surface area contributed by atoms with Crippen LogP contribution >= 0.6 is 0 Å². The van der Waals surface area contributed by atoms with Gasteiger partial charge >= 0.3 is 0 Å². The molecule has 0 heterocycles. The summed E-state index contributed by atoms with van der Waals surface area (Å²) in [6, 6.07) is 11.5. The highest BCUT2D eigenvalue weighted by atomic mass is 16.3. The van der Waals surface area contributed by atoms with Gasteiger partial charge in [-0.2, -0.15) is 5.26 Å². The lowest BCUT2D eigenvalue weighted by Gasteiger charge is -2.17. The van der Waals surface area contributed by atoms with Crippen molar-refractivity contribution in [1.29, 1.82) is 5.26 Å². The minimum Gasteiger partial charge on any atom is -0.375 e. The summed E-state index contributed by atoms with van der Waals surface area (Å²) in [7, 11) is 0. The molecule has 68 valence electrons. The first kappa shape index (κ1) is 9.76. The zero-order valence-corrected chi connectivity index (χ0v) is 7.70. The van der Waals surface area contributed by atoms with Crippen molar-refractivity contribution in [2.75, 3.05) is 0 Å². The molecule has 1 aromatic rings. The molecular weight excluding hydrogens is 162 g/mol. The molecule has 1 atom stereocenters. The third-order valence-electron chi connectivity index (χ3n) is 2.13. The topological polar surface area (TPSA) is 44.0 Å². The summed E-state index contributed by atoms with van der Waals surface area (Å²) in [6.07, 6.45) is 0.860. The van der Waals surface area contributed by atoms with Gasteiger partial charge in [0.25, 0.3) is 0 Å². The zero-order chi connectivity index (χ0) is 9.73. The van der Waals surface area contributed by atoms with Crippen LogP contribution in [0, 0.1) is 11.3 Å². The number of nitrogens with zero attached hydrogens (tertiary/aromatic N) is 1. The molecule has 0 aromatic heterocycles. The normalized spacial score (nSPS) is 14.5. The van der Waals surface area contributed by atoms with E-state index in [-0.39, 0.29) is 0 Å². The quantitative estimate of drug-likeness (QED) is 0.713. The Labute approximate surface area is 78.4 Å². The summed E-state index contributed by atoms with van der Waals surface area (Å²) >= 11 is 0. The smallest absolute Gasteiger partial charge is 0.154 e. The summed E-state index contributed by atoms with van der Waals surface area (Å²) < 4.78 is 0. The first-order valence-corrected chi connectivity index (χ1v) is 4.38. The predicted octanol–water partition coefficient (Wildman–Crippen LogP) is 1.89. The fraction of sp³-hybridized carbons (Fsp3) is 0.364. The highest BCUT2D eigenvalue weighted by molar-refractivity contribution is 5.19. The van der Waals surface area contributed by atoms with Crippen molar-refractivity contribution in [1.82, 2.24) is 0 Å². The number of hydrogen-bond acceptors (Lipinski definition) is 2. The van der Waals surface area contributed by atoms with Crippen molar-refractivity contribution in [3.63, 3.8) is 0 Å². The van der Waals surface area contributed by atoms with E-state index in [0.29, 0.717) is 12.8 Å². The van der Waals surface area contributed by atoms with Crippen LogP contribution in [-0.4, -0.2) is 10.7 Å². The molecule has 0 fully saturated rings. The van der Waals surface area contributed by atoms with Crippen LogP contribution in [0.15, 0.2) is 30.3 Å². The Bertz CT molecular complexity index is 302. The fourth-order valence-electron chi connectivity index (χ4n) is 1.18. The first-order valence-electron chi connectivity index (χ1n) is 4.38. The molecule has 1 N–H and O–H groups in total. The molecular formula is C11H13NO. The van der Waals surface area contributed by atoms with E-state index >= 15 is 0 Å². The maximum absolute atomic E-state index is 9.72. The second kappa shape index (κ2) is 4.06. The van der Waals surface area contributed by atoms with E-state index in [1.165, 1.54) is 0 Å². The highest BCUT2D eigenvalue weighted by Crippen LogP contribution is 2.15. The van der Waals surface area contributed by atoms with Crippen LogP contribution in [0.2, 0.25) is 0 Å². The van der Waals surface area contributed by atoms with Gasteiger partial charge in [0.2, 0.25) is 0 Å². The predicted molar refractivity (Wildman–Crippen MR) is 51.0 cm³/mol. The highest BCUT2D eigenvalue weighted by Gasteiger charge is 2.23. The van der Waals surface area contributed by atoms with E-state index in [4.69, 9.17) is 5.26 Å². The van der Waals surface area contributed by atoms with Crippen LogP contribution < -0.4 is 0 Å². The molecule has 0 saturated heterocycles. The lowest BCUT2D eigenvalue weighted by molar-refractivity contribution is 0.0952. The van der Waals surface area contributed by atoms with Crippen molar-refractivity contribution in [3.05, 3.63) is 35.9 Å². The zero-order valence-electron chi connectivity index (χ0n) is 7.70. The Hall–Kier alpha value is -1.33. The van der Waals surface area contributed by atoms with Gasteiger partial charge in [-0.25, -0.2) is 0 Å². The average Bonchev–Trinajstić information content (AvgIpc) is 2.19. The SMILES string of the molecule is CC[C@](O)(C#N)Cc1ccccc1. The van der Waals surface area contributed by atoms with E-state index in [2.05, 4.69) is 0 Å². The number of benzene rings is 1. The lowest BCUT2D eigenvalue weighted by atomic mass is 9.94.